The summed E-state index contributed by atoms with van der Waals surface area (Å²) >= 11 is 3.40. The van der Waals surface area contributed by atoms with Gasteiger partial charge in [-0.25, -0.2) is 0 Å². The Hall–Kier alpha value is -1.19. The smallest absolute Gasteiger partial charge is 0.0423 e. The van der Waals surface area contributed by atoms with Crippen LogP contribution in [0.3, 0.4) is 0 Å². The molecule has 0 spiro atoms. The van der Waals surface area contributed by atoms with Gasteiger partial charge < -0.3 is 5.73 Å². The Morgan fingerprint density at radius 2 is 1.85 bits per heavy atom. The zero-order valence-corrected chi connectivity index (χ0v) is 13.8. The van der Waals surface area contributed by atoms with Gasteiger partial charge in [0, 0.05) is 28.8 Å². The third kappa shape index (κ3) is 3.68. The third-order valence-electron chi connectivity index (χ3n) is 3.39. The summed E-state index contributed by atoms with van der Waals surface area (Å²) in [6.07, 6.45) is 2.57. The molecule has 0 aliphatic rings. The molecular weight excluding hydrogens is 312 g/mol. The predicted molar refractivity (Wildman–Crippen MR) is 87.7 cm³/mol. The second kappa shape index (κ2) is 6.06. The lowest BCUT2D eigenvalue weighted by molar-refractivity contribution is 0.567. The number of nitrogens with two attached hydrogens (primary N) is 1. The van der Waals surface area contributed by atoms with Crippen molar-refractivity contribution in [3.8, 4) is 0 Å². The molecule has 1 atom stereocenters. The van der Waals surface area contributed by atoms with Gasteiger partial charge in [0.2, 0.25) is 0 Å². The fourth-order valence-electron chi connectivity index (χ4n) is 2.37. The van der Waals surface area contributed by atoms with Crippen molar-refractivity contribution >= 4 is 15.9 Å². The third-order valence-corrected chi connectivity index (χ3v) is 3.86. The van der Waals surface area contributed by atoms with E-state index >= 15 is 0 Å². The van der Waals surface area contributed by atoms with Gasteiger partial charge in [-0.05, 0) is 44.6 Å². The maximum atomic E-state index is 6.41. The van der Waals surface area contributed by atoms with Crippen LogP contribution >= 0.6 is 15.9 Å². The Balaban J connectivity index is 2.25. The molecule has 1 heterocycles. The molecule has 2 rings (SSSR count). The van der Waals surface area contributed by atoms with Crippen LogP contribution in [0.1, 0.15) is 43.6 Å². The van der Waals surface area contributed by atoms with Gasteiger partial charge >= 0.3 is 0 Å². The number of benzene rings is 1. The quantitative estimate of drug-likeness (QED) is 0.905. The van der Waals surface area contributed by atoms with Crippen molar-refractivity contribution in [1.29, 1.82) is 0 Å². The molecule has 0 aliphatic heterocycles. The molecule has 2 N–H and O–H groups in total. The fourth-order valence-corrected chi connectivity index (χ4v) is 2.60. The maximum absolute atomic E-state index is 6.41. The van der Waals surface area contributed by atoms with Gasteiger partial charge in [0.25, 0.3) is 0 Å². The lowest BCUT2D eigenvalue weighted by atomic mass is 9.81. The molecule has 2 nitrogen and oxygen atoms in total. The number of hydrogen-bond acceptors (Lipinski definition) is 2. The van der Waals surface area contributed by atoms with Crippen molar-refractivity contribution in [3.05, 3.63) is 63.9 Å². The minimum absolute atomic E-state index is 0.0286. The van der Waals surface area contributed by atoms with Crippen LogP contribution in [0.5, 0.6) is 0 Å². The Kier molecular flexibility index (Phi) is 4.61. The van der Waals surface area contributed by atoms with E-state index in [1.54, 1.807) is 0 Å². The van der Waals surface area contributed by atoms with Gasteiger partial charge in [-0.3, -0.25) is 4.98 Å². The number of pyridine rings is 1. The minimum atomic E-state index is -0.0286. The van der Waals surface area contributed by atoms with E-state index in [4.69, 9.17) is 5.73 Å². The summed E-state index contributed by atoms with van der Waals surface area (Å²) in [7, 11) is 0. The first kappa shape index (κ1) is 15.2. The van der Waals surface area contributed by atoms with Crippen LogP contribution in [0, 0.1) is 0 Å². The second-order valence-electron chi connectivity index (χ2n) is 6.12. The van der Waals surface area contributed by atoms with Gasteiger partial charge in [-0.1, -0.05) is 45.0 Å². The first-order valence-corrected chi connectivity index (χ1v) is 7.62. The Morgan fingerprint density at radius 3 is 2.45 bits per heavy atom. The molecule has 0 bridgehead atoms. The lowest BCUT2D eigenvalue weighted by Crippen LogP contribution is -2.21. The topological polar surface area (TPSA) is 38.9 Å². The van der Waals surface area contributed by atoms with Crippen LogP contribution < -0.4 is 5.73 Å². The van der Waals surface area contributed by atoms with Gasteiger partial charge in [-0.2, -0.15) is 0 Å². The monoisotopic (exact) mass is 332 g/mol. The number of hydrogen-bond donors (Lipinski definition) is 1. The van der Waals surface area contributed by atoms with Crippen LogP contribution in [0.2, 0.25) is 0 Å². The van der Waals surface area contributed by atoms with E-state index < -0.39 is 0 Å². The molecule has 0 aliphatic carbocycles. The number of nitrogens with zero attached hydrogens (tertiary/aromatic N) is 1. The van der Waals surface area contributed by atoms with Gasteiger partial charge in [0.15, 0.2) is 0 Å². The van der Waals surface area contributed by atoms with Crippen molar-refractivity contribution in [3.63, 3.8) is 0 Å². The van der Waals surface area contributed by atoms with Crippen LogP contribution in [0.25, 0.3) is 0 Å². The Morgan fingerprint density at radius 1 is 1.15 bits per heavy atom. The molecule has 0 amide bonds. The summed E-state index contributed by atoms with van der Waals surface area (Å²) in [6, 6.07) is 12.4. The van der Waals surface area contributed by atoms with E-state index in [9.17, 15) is 0 Å². The molecule has 1 aromatic carbocycles. The normalized spacial score (nSPS) is 13.2. The van der Waals surface area contributed by atoms with Crippen LogP contribution in [0.15, 0.2) is 47.1 Å². The molecule has 0 saturated carbocycles. The van der Waals surface area contributed by atoms with Gasteiger partial charge in [0.05, 0.1) is 0 Å². The highest BCUT2D eigenvalue weighted by atomic mass is 79.9. The number of halogens is 1. The molecule has 20 heavy (non-hydrogen) atoms. The van der Waals surface area contributed by atoms with Gasteiger partial charge in [-0.15, -0.1) is 0 Å². The summed E-state index contributed by atoms with van der Waals surface area (Å²) in [5.41, 5.74) is 10.0. The number of rotatable bonds is 3. The first-order chi connectivity index (χ1) is 9.38. The zero-order valence-electron chi connectivity index (χ0n) is 12.2. The summed E-state index contributed by atoms with van der Waals surface area (Å²) < 4.78 is 0.991. The van der Waals surface area contributed by atoms with Crippen molar-refractivity contribution in [2.45, 2.75) is 38.6 Å². The maximum Gasteiger partial charge on any atom is 0.0423 e. The van der Waals surface area contributed by atoms with Crippen LogP contribution in [0.4, 0.5) is 0 Å². The highest BCUT2D eigenvalue weighted by molar-refractivity contribution is 9.10. The molecule has 0 radical (unpaired) electrons. The van der Waals surface area contributed by atoms with Crippen LogP contribution in [-0.4, -0.2) is 4.98 Å². The van der Waals surface area contributed by atoms with Crippen molar-refractivity contribution < 1.29 is 0 Å². The van der Waals surface area contributed by atoms with Gasteiger partial charge in [0.1, 0.15) is 0 Å². The average Bonchev–Trinajstić information content (AvgIpc) is 2.40. The van der Waals surface area contributed by atoms with E-state index in [1.165, 1.54) is 11.1 Å². The highest BCUT2D eigenvalue weighted by Gasteiger charge is 2.20. The molecule has 0 saturated heterocycles. The molecule has 1 aromatic heterocycles. The summed E-state index contributed by atoms with van der Waals surface area (Å²) in [5.74, 6) is 0. The van der Waals surface area contributed by atoms with E-state index in [1.807, 2.05) is 18.3 Å². The van der Waals surface area contributed by atoms with Crippen molar-refractivity contribution in [2.24, 2.45) is 5.73 Å². The largest absolute Gasteiger partial charge is 0.324 e. The van der Waals surface area contributed by atoms with E-state index in [0.717, 1.165) is 16.6 Å². The molecule has 106 valence electrons. The van der Waals surface area contributed by atoms with Crippen molar-refractivity contribution in [2.75, 3.05) is 0 Å². The highest BCUT2D eigenvalue weighted by Crippen LogP contribution is 2.29. The lowest BCUT2D eigenvalue weighted by Gasteiger charge is -2.25. The Labute approximate surface area is 129 Å². The standard InChI is InChI=1S/C17H21BrN2/c1-17(2,3)15-7-5-4-6-14(15)16(19)10-13-9-8-12(18)11-20-13/h4-9,11,16H,10,19H2,1-3H3. The fraction of sp³-hybridized carbons (Fsp3) is 0.353. The summed E-state index contributed by atoms with van der Waals surface area (Å²) in [4.78, 5) is 4.41. The second-order valence-corrected chi connectivity index (χ2v) is 7.03. The molecule has 0 fully saturated rings. The summed E-state index contributed by atoms with van der Waals surface area (Å²) in [6.45, 7) is 6.66. The summed E-state index contributed by atoms with van der Waals surface area (Å²) in [5, 5.41) is 0. The van der Waals surface area contributed by atoms with E-state index in [0.29, 0.717) is 0 Å². The molecule has 3 heteroatoms. The molecule has 1 unspecified atom stereocenters. The molecular formula is C17H21BrN2. The average molecular weight is 333 g/mol. The zero-order chi connectivity index (χ0) is 14.8. The van der Waals surface area contributed by atoms with E-state index in [2.05, 4.69) is 66.0 Å². The number of aromatic nitrogens is 1. The predicted octanol–water partition coefficient (Wildman–Crippen LogP) is 4.38. The Bertz CT molecular complexity index is 570. The molecule has 2 aromatic rings. The minimum Gasteiger partial charge on any atom is -0.324 e. The first-order valence-electron chi connectivity index (χ1n) is 6.83. The SMILES string of the molecule is CC(C)(C)c1ccccc1C(N)Cc1ccc(Br)cn1. The van der Waals surface area contributed by atoms with Crippen molar-refractivity contribution in [1.82, 2.24) is 4.98 Å². The van der Waals surface area contributed by atoms with E-state index in [-0.39, 0.29) is 11.5 Å². The van der Waals surface area contributed by atoms with Crippen LogP contribution in [-0.2, 0) is 11.8 Å².